The molecule has 7 nitrogen and oxygen atoms in total. The van der Waals surface area contributed by atoms with E-state index in [1.54, 1.807) is 48.5 Å². The van der Waals surface area contributed by atoms with Crippen molar-refractivity contribution in [1.82, 2.24) is 5.32 Å². The fraction of sp³-hybridized carbons (Fsp3) is 0.111. The average Bonchev–Trinajstić information content (AvgIpc) is 2.61. The molecule has 0 unspecified atom stereocenters. The number of ether oxygens (including phenoxy) is 1. The molecule has 0 spiro atoms. The van der Waals surface area contributed by atoms with E-state index >= 15 is 0 Å². The van der Waals surface area contributed by atoms with Gasteiger partial charge in [0.1, 0.15) is 5.75 Å². The van der Waals surface area contributed by atoms with E-state index in [2.05, 4.69) is 10.3 Å². The van der Waals surface area contributed by atoms with Crippen LogP contribution in [0.15, 0.2) is 53.5 Å². The Morgan fingerprint density at radius 3 is 2.65 bits per heavy atom. The topological polar surface area (TPSA) is 88.1 Å². The van der Waals surface area contributed by atoms with Gasteiger partial charge in [0.25, 0.3) is 5.91 Å². The van der Waals surface area contributed by atoms with Crippen molar-refractivity contribution in [3.05, 3.63) is 53.6 Å². The second-order valence-electron chi connectivity index (χ2n) is 5.38. The number of urea groups is 1. The van der Waals surface area contributed by atoms with Crippen LogP contribution >= 0.6 is 11.6 Å². The number of hydrogen-bond donors (Lipinski definition) is 1. The van der Waals surface area contributed by atoms with Crippen molar-refractivity contribution in [2.24, 2.45) is 10.9 Å². The molecule has 0 aliphatic carbocycles. The van der Waals surface area contributed by atoms with Crippen molar-refractivity contribution in [3.63, 3.8) is 0 Å². The van der Waals surface area contributed by atoms with Gasteiger partial charge in [-0.25, -0.2) is 9.69 Å². The second kappa shape index (κ2) is 7.37. The van der Waals surface area contributed by atoms with Gasteiger partial charge in [0.05, 0.1) is 18.5 Å². The van der Waals surface area contributed by atoms with Crippen molar-refractivity contribution >= 4 is 47.0 Å². The van der Waals surface area contributed by atoms with Gasteiger partial charge in [-0.1, -0.05) is 29.8 Å². The zero-order chi connectivity index (χ0) is 18.7. The lowest BCUT2D eigenvalue weighted by Gasteiger charge is -2.29. The molecule has 0 bridgehead atoms. The number of nitrogens with zero attached hydrogens (tertiary/aromatic N) is 2. The Balaban J connectivity index is 1.93. The van der Waals surface area contributed by atoms with Gasteiger partial charge < -0.3 is 4.74 Å². The number of carbonyl (C=O) groups is 3. The molecule has 1 atom stereocenters. The molecule has 1 aliphatic heterocycles. The van der Waals surface area contributed by atoms with Crippen LogP contribution in [0, 0.1) is 5.92 Å². The number of nitrogens with one attached hydrogen (secondary N) is 1. The molecule has 132 valence electrons. The van der Waals surface area contributed by atoms with Crippen LogP contribution < -0.4 is 15.0 Å². The van der Waals surface area contributed by atoms with Crippen molar-refractivity contribution < 1.29 is 19.1 Å². The summed E-state index contributed by atoms with van der Waals surface area (Å²) in [5.74, 6) is -2.38. The average molecular weight is 372 g/mol. The third kappa shape index (κ3) is 3.43. The predicted molar refractivity (Wildman–Crippen MR) is 97.1 cm³/mol. The molecule has 2 aromatic carbocycles. The molecule has 0 saturated carbocycles. The zero-order valence-electron chi connectivity index (χ0n) is 13.7. The van der Waals surface area contributed by atoms with Gasteiger partial charge in [-0.2, -0.15) is 0 Å². The smallest absolute Gasteiger partial charge is 0.335 e. The van der Waals surface area contributed by atoms with Gasteiger partial charge in [0.2, 0.25) is 5.91 Å². The van der Waals surface area contributed by atoms with E-state index in [0.29, 0.717) is 16.5 Å². The molecule has 3 rings (SSSR count). The number of carbonyl (C=O) groups excluding carboxylic acids is 3. The first-order valence-corrected chi connectivity index (χ1v) is 8.00. The molecule has 2 aromatic rings. The quantitative estimate of drug-likeness (QED) is 0.661. The van der Waals surface area contributed by atoms with E-state index in [0.717, 1.165) is 4.90 Å². The minimum absolute atomic E-state index is 0.242. The summed E-state index contributed by atoms with van der Waals surface area (Å²) in [6, 6.07) is 12.3. The number of amides is 4. The first kappa shape index (κ1) is 17.6. The van der Waals surface area contributed by atoms with Crippen LogP contribution in [0.5, 0.6) is 5.75 Å². The minimum atomic E-state index is -1.25. The van der Waals surface area contributed by atoms with Crippen molar-refractivity contribution in [3.8, 4) is 5.75 Å². The number of methoxy groups -OCH3 is 1. The standard InChI is InChI=1S/C18H14ClN3O4/c1-26-15-8-3-2-7-14(15)22-17(24)13(16(23)21-18(22)25)10-20-12-6-4-5-11(19)9-12/h2-10,13H,1H3,(H,21,23,25)/t13-/m1/s1. The first-order chi connectivity index (χ1) is 12.5. The predicted octanol–water partition coefficient (Wildman–Crippen LogP) is 2.95. The van der Waals surface area contributed by atoms with E-state index < -0.39 is 23.8 Å². The zero-order valence-corrected chi connectivity index (χ0v) is 14.4. The molecule has 1 N–H and O–H groups in total. The third-order valence-electron chi connectivity index (χ3n) is 3.71. The van der Waals surface area contributed by atoms with Crippen LogP contribution in [-0.2, 0) is 9.59 Å². The number of para-hydroxylation sites is 2. The summed E-state index contributed by atoms with van der Waals surface area (Å²) in [7, 11) is 1.42. The summed E-state index contributed by atoms with van der Waals surface area (Å²) in [4.78, 5) is 42.1. The van der Waals surface area contributed by atoms with Gasteiger partial charge in [-0.15, -0.1) is 0 Å². The maximum Gasteiger partial charge on any atom is 0.335 e. The fourth-order valence-electron chi connectivity index (χ4n) is 2.48. The highest BCUT2D eigenvalue weighted by molar-refractivity contribution is 6.33. The Morgan fingerprint density at radius 1 is 1.15 bits per heavy atom. The van der Waals surface area contributed by atoms with Gasteiger partial charge in [-0.05, 0) is 30.3 Å². The number of barbiturate groups is 1. The van der Waals surface area contributed by atoms with E-state index in [4.69, 9.17) is 16.3 Å². The number of rotatable bonds is 4. The van der Waals surface area contributed by atoms with E-state index in [1.807, 2.05) is 0 Å². The van der Waals surface area contributed by atoms with E-state index in [1.165, 1.54) is 13.3 Å². The lowest BCUT2D eigenvalue weighted by atomic mass is 10.1. The summed E-state index contributed by atoms with van der Waals surface area (Å²) >= 11 is 5.89. The number of imide groups is 2. The van der Waals surface area contributed by atoms with Crippen molar-refractivity contribution in [2.75, 3.05) is 12.0 Å². The largest absolute Gasteiger partial charge is 0.495 e. The molecule has 4 amide bonds. The Kier molecular flexibility index (Phi) is 4.99. The summed E-state index contributed by atoms with van der Waals surface area (Å²) in [5, 5.41) is 2.64. The maximum atomic E-state index is 12.8. The Morgan fingerprint density at radius 2 is 1.92 bits per heavy atom. The maximum absolute atomic E-state index is 12.8. The SMILES string of the molecule is COc1ccccc1N1C(=O)NC(=O)[C@@H](C=Nc2cccc(Cl)c2)C1=O. The normalized spacial score (nSPS) is 17.5. The summed E-state index contributed by atoms with van der Waals surface area (Å²) < 4.78 is 5.19. The Bertz CT molecular complexity index is 913. The van der Waals surface area contributed by atoms with E-state index in [9.17, 15) is 14.4 Å². The molecule has 8 heteroatoms. The highest BCUT2D eigenvalue weighted by Crippen LogP contribution is 2.30. The summed E-state index contributed by atoms with van der Waals surface area (Å²) in [5.41, 5.74) is 0.727. The number of anilines is 1. The van der Waals surface area contributed by atoms with Gasteiger partial charge in [-0.3, -0.25) is 19.9 Å². The van der Waals surface area contributed by atoms with Crippen molar-refractivity contribution in [2.45, 2.75) is 0 Å². The number of aliphatic imine (C=N–C) groups is 1. The van der Waals surface area contributed by atoms with Crippen molar-refractivity contribution in [1.29, 1.82) is 0 Å². The van der Waals surface area contributed by atoms with Gasteiger partial charge in [0, 0.05) is 11.2 Å². The first-order valence-electron chi connectivity index (χ1n) is 7.63. The fourth-order valence-corrected chi connectivity index (χ4v) is 2.67. The molecule has 26 heavy (non-hydrogen) atoms. The minimum Gasteiger partial charge on any atom is -0.495 e. The molecular weight excluding hydrogens is 358 g/mol. The summed E-state index contributed by atoms with van der Waals surface area (Å²) in [6.07, 6.45) is 1.19. The number of hydrogen-bond acceptors (Lipinski definition) is 5. The highest BCUT2D eigenvalue weighted by atomic mass is 35.5. The lowest BCUT2D eigenvalue weighted by molar-refractivity contribution is -0.131. The second-order valence-corrected chi connectivity index (χ2v) is 5.81. The van der Waals surface area contributed by atoms with E-state index in [-0.39, 0.29) is 5.69 Å². The van der Waals surface area contributed by atoms with Crippen LogP contribution in [0.25, 0.3) is 0 Å². The number of benzene rings is 2. The molecular formula is C18H14ClN3O4. The lowest BCUT2D eigenvalue weighted by Crippen LogP contribution is -2.58. The van der Waals surface area contributed by atoms with Crippen LogP contribution in [0.2, 0.25) is 5.02 Å². The molecule has 0 aromatic heterocycles. The Labute approximate surface area is 154 Å². The van der Waals surface area contributed by atoms with Crippen LogP contribution in [0.1, 0.15) is 0 Å². The number of halogens is 1. The van der Waals surface area contributed by atoms with Crippen LogP contribution in [0.3, 0.4) is 0 Å². The van der Waals surface area contributed by atoms with Gasteiger partial charge in [0.15, 0.2) is 5.92 Å². The third-order valence-corrected chi connectivity index (χ3v) is 3.94. The van der Waals surface area contributed by atoms with Crippen LogP contribution in [0.4, 0.5) is 16.2 Å². The molecule has 1 aliphatic rings. The highest BCUT2D eigenvalue weighted by Gasteiger charge is 2.41. The van der Waals surface area contributed by atoms with Crippen LogP contribution in [-0.4, -0.2) is 31.2 Å². The Hall–Kier alpha value is -3.19. The molecule has 1 heterocycles. The van der Waals surface area contributed by atoms with Gasteiger partial charge >= 0.3 is 6.03 Å². The molecule has 0 radical (unpaired) electrons. The molecule has 1 fully saturated rings. The summed E-state index contributed by atoms with van der Waals surface area (Å²) in [6.45, 7) is 0. The monoisotopic (exact) mass is 371 g/mol. The molecule has 1 saturated heterocycles.